The van der Waals surface area contributed by atoms with Gasteiger partial charge >= 0.3 is 0 Å². The average molecular weight is 265 g/mol. The van der Waals surface area contributed by atoms with Crippen LogP contribution in [-0.2, 0) is 0 Å². The van der Waals surface area contributed by atoms with E-state index in [1.807, 2.05) is 24.3 Å². The lowest BCUT2D eigenvalue weighted by Crippen LogP contribution is -2.34. The molecule has 0 unspecified atom stereocenters. The Kier molecular flexibility index (Phi) is 6.14. The zero-order valence-corrected chi connectivity index (χ0v) is 11.8. The van der Waals surface area contributed by atoms with E-state index in [1.165, 1.54) is 0 Å². The number of thiocarbonyl (C=S) groups is 1. The minimum absolute atomic E-state index is 0.536. The first kappa shape index (κ1) is 14.4. The molecule has 2 N–H and O–H groups in total. The zero-order valence-electron chi connectivity index (χ0n) is 10.9. The molecule has 0 spiro atoms. The molecule has 0 radical (unpaired) electrons. The van der Waals surface area contributed by atoms with Crippen molar-refractivity contribution in [2.45, 2.75) is 13.8 Å². The second kappa shape index (κ2) is 7.66. The summed E-state index contributed by atoms with van der Waals surface area (Å²) in [4.78, 5) is 0. The van der Waals surface area contributed by atoms with Gasteiger partial charge < -0.3 is 10.1 Å². The molecule has 98 valence electrons. The van der Waals surface area contributed by atoms with E-state index in [0.717, 1.165) is 17.9 Å². The number of ether oxygens (including phenoxy) is 1. The molecule has 0 aromatic heterocycles. The van der Waals surface area contributed by atoms with Crippen LogP contribution < -0.4 is 15.5 Å². The number of hydrazone groups is 1. The standard InChI is InChI=1S/C13H19N3OS/c1-10(2)8-14-13(18)16-15-9-11-4-6-12(17-3)7-5-11/h4-7,9-10H,8H2,1-3H3,(H2,14,16,18)/b15-9-. The second-order valence-corrected chi connectivity index (χ2v) is 4.66. The Morgan fingerprint density at radius 2 is 2.06 bits per heavy atom. The van der Waals surface area contributed by atoms with Gasteiger partial charge in [0, 0.05) is 6.54 Å². The Morgan fingerprint density at radius 1 is 1.39 bits per heavy atom. The summed E-state index contributed by atoms with van der Waals surface area (Å²) < 4.78 is 5.08. The molecular formula is C13H19N3OS. The molecule has 0 amide bonds. The largest absolute Gasteiger partial charge is 0.497 e. The summed E-state index contributed by atoms with van der Waals surface area (Å²) >= 11 is 5.07. The highest BCUT2D eigenvalue weighted by Crippen LogP contribution is 2.09. The Labute approximate surface area is 113 Å². The maximum Gasteiger partial charge on any atom is 0.186 e. The number of benzene rings is 1. The third-order valence-corrected chi connectivity index (χ3v) is 2.40. The maximum absolute atomic E-state index is 5.08. The smallest absolute Gasteiger partial charge is 0.186 e. The molecule has 0 saturated heterocycles. The average Bonchev–Trinajstić information content (AvgIpc) is 2.37. The lowest BCUT2D eigenvalue weighted by atomic mass is 10.2. The lowest BCUT2D eigenvalue weighted by Gasteiger charge is -2.08. The van der Waals surface area contributed by atoms with Crippen LogP contribution in [0.25, 0.3) is 0 Å². The fourth-order valence-corrected chi connectivity index (χ4v) is 1.33. The Morgan fingerprint density at radius 3 is 2.61 bits per heavy atom. The number of nitrogens with zero attached hydrogens (tertiary/aromatic N) is 1. The van der Waals surface area contributed by atoms with E-state index in [4.69, 9.17) is 17.0 Å². The van der Waals surface area contributed by atoms with Crippen LogP contribution in [0.3, 0.4) is 0 Å². The van der Waals surface area contributed by atoms with E-state index >= 15 is 0 Å². The van der Waals surface area contributed by atoms with Gasteiger partial charge in [0.15, 0.2) is 5.11 Å². The van der Waals surface area contributed by atoms with Gasteiger partial charge in [0.2, 0.25) is 0 Å². The fraction of sp³-hybridized carbons (Fsp3) is 0.385. The predicted octanol–water partition coefficient (Wildman–Crippen LogP) is 2.15. The van der Waals surface area contributed by atoms with E-state index in [2.05, 4.69) is 29.7 Å². The fourth-order valence-electron chi connectivity index (χ4n) is 1.19. The normalized spacial score (nSPS) is 10.7. The lowest BCUT2D eigenvalue weighted by molar-refractivity contribution is 0.415. The predicted molar refractivity (Wildman–Crippen MR) is 79.2 cm³/mol. The van der Waals surface area contributed by atoms with E-state index in [-0.39, 0.29) is 0 Å². The molecule has 0 aliphatic heterocycles. The van der Waals surface area contributed by atoms with Crippen LogP contribution >= 0.6 is 12.2 Å². The summed E-state index contributed by atoms with van der Waals surface area (Å²) in [6.45, 7) is 5.08. The number of rotatable bonds is 5. The van der Waals surface area contributed by atoms with Crippen molar-refractivity contribution in [1.29, 1.82) is 0 Å². The molecule has 0 bridgehead atoms. The van der Waals surface area contributed by atoms with Crippen molar-refractivity contribution in [2.24, 2.45) is 11.0 Å². The summed E-state index contributed by atoms with van der Waals surface area (Å²) in [6.07, 6.45) is 1.71. The number of hydrogen-bond acceptors (Lipinski definition) is 3. The Hall–Kier alpha value is -1.62. The van der Waals surface area contributed by atoms with Gasteiger partial charge in [-0.2, -0.15) is 5.10 Å². The van der Waals surface area contributed by atoms with E-state index in [1.54, 1.807) is 13.3 Å². The summed E-state index contributed by atoms with van der Waals surface area (Å²) in [5, 5.41) is 7.66. The number of hydrogen-bond donors (Lipinski definition) is 2. The molecule has 0 saturated carbocycles. The SMILES string of the molecule is COc1ccc(/C=N\NC(=S)NCC(C)C)cc1. The van der Waals surface area contributed by atoms with Crippen LogP contribution in [0.15, 0.2) is 29.4 Å². The Balaban J connectivity index is 2.37. The van der Waals surface area contributed by atoms with Crippen LogP contribution in [-0.4, -0.2) is 25.0 Å². The van der Waals surface area contributed by atoms with Gasteiger partial charge in [0.05, 0.1) is 13.3 Å². The first-order valence-corrected chi connectivity index (χ1v) is 6.23. The molecule has 0 fully saturated rings. The van der Waals surface area contributed by atoms with Gasteiger partial charge in [0.1, 0.15) is 5.75 Å². The highest BCUT2D eigenvalue weighted by atomic mass is 32.1. The van der Waals surface area contributed by atoms with E-state index in [0.29, 0.717) is 11.0 Å². The molecule has 5 heteroatoms. The summed E-state index contributed by atoms with van der Waals surface area (Å²) in [5.74, 6) is 1.38. The van der Waals surface area contributed by atoms with Gasteiger partial charge in [-0.3, -0.25) is 5.43 Å². The highest BCUT2D eigenvalue weighted by Gasteiger charge is 1.95. The zero-order chi connectivity index (χ0) is 13.4. The van der Waals surface area contributed by atoms with Crippen molar-refractivity contribution >= 4 is 23.5 Å². The summed E-state index contributed by atoms with van der Waals surface area (Å²) in [7, 11) is 1.64. The molecule has 1 rings (SSSR count). The van der Waals surface area contributed by atoms with Crippen molar-refractivity contribution in [2.75, 3.05) is 13.7 Å². The quantitative estimate of drug-likeness (QED) is 0.486. The van der Waals surface area contributed by atoms with Gasteiger partial charge in [-0.25, -0.2) is 0 Å². The first-order valence-electron chi connectivity index (χ1n) is 5.82. The molecule has 0 aliphatic rings. The molecule has 18 heavy (non-hydrogen) atoms. The Bertz CT molecular complexity index is 401. The third kappa shape index (κ3) is 5.63. The van der Waals surface area contributed by atoms with Crippen LogP contribution in [0.1, 0.15) is 19.4 Å². The molecule has 0 atom stereocenters. The molecule has 4 nitrogen and oxygen atoms in total. The van der Waals surface area contributed by atoms with Crippen LogP contribution in [0, 0.1) is 5.92 Å². The van der Waals surface area contributed by atoms with Crippen LogP contribution in [0.5, 0.6) is 5.75 Å². The summed E-state index contributed by atoms with van der Waals surface area (Å²) in [5.41, 5.74) is 3.76. The van der Waals surface area contributed by atoms with Crippen molar-refractivity contribution in [3.63, 3.8) is 0 Å². The minimum atomic E-state index is 0.536. The topological polar surface area (TPSA) is 45.6 Å². The minimum Gasteiger partial charge on any atom is -0.497 e. The molecule has 0 aliphatic carbocycles. The van der Waals surface area contributed by atoms with Gasteiger partial charge in [0.25, 0.3) is 0 Å². The van der Waals surface area contributed by atoms with Crippen LogP contribution in [0.2, 0.25) is 0 Å². The third-order valence-electron chi connectivity index (χ3n) is 2.17. The van der Waals surface area contributed by atoms with Crippen LogP contribution in [0.4, 0.5) is 0 Å². The first-order chi connectivity index (χ1) is 8.61. The van der Waals surface area contributed by atoms with Crippen molar-refractivity contribution < 1.29 is 4.74 Å². The molecule has 0 heterocycles. The summed E-state index contributed by atoms with van der Waals surface area (Å²) in [6, 6.07) is 7.62. The van der Waals surface area contributed by atoms with Crippen molar-refractivity contribution in [1.82, 2.24) is 10.7 Å². The highest BCUT2D eigenvalue weighted by molar-refractivity contribution is 7.80. The molecular weight excluding hydrogens is 246 g/mol. The van der Waals surface area contributed by atoms with E-state index in [9.17, 15) is 0 Å². The number of methoxy groups -OCH3 is 1. The number of nitrogens with one attached hydrogen (secondary N) is 2. The van der Waals surface area contributed by atoms with Gasteiger partial charge in [-0.1, -0.05) is 13.8 Å². The molecule has 1 aromatic rings. The molecule has 1 aromatic carbocycles. The van der Waals surface area contributed by atoms with Crippen molar-refractivity contribution in [3.05, 3.63) is 29.8 Å². The van der Waals surface area contributed by atoms with Crippen molar-refractivity contribution in [3.8, 4) is 5.75 Å². The monoisotopic (exact) mass is 265 g/mol. The van der Waals surface area contributed by atoms with E-state index < -0.39 is 0 Å². The second-order valence-electron chi connectivity index (χ2n) is 4.25. The maximum atomic E-state index is 5.08. The van der Waals surface area contributed by atoms with Gasteiger partial charge in [-0.05, 0) is 48.0 Å². The van der Waals surface area contributed by atoms with Gasteiger partial charge in [-0.15, -0.1) is 0 Å².